The summed E-state index contributed by atoms with van der Waals surface area (Å²) in [5.74, 6) is 5.10. The van der Waals surface area contributed by atoms with E-state index in [9.17, 15) is 13.2 Å². The van der Waals surface area contributed by atoms with Crippen molar-refractivity contribution in [2.45, 2.75) is 6.36 Å². The van der Waals surface area contributed by atoms with Crippen LogP contribution in [-0.2, 0) is 0 Å². The fourth-order valence-electron chi connectivity index (χ4n) is 0.967. The molecule has 2 N–H and O–H groups in total. The highest BCUT2D eigenvalue weighted by atomic mass is 32.1. The minimum atomic E-state index is -4.76. The summed E-state index contributed by atoms with van der Waals surface area (Å²) in [4.78, 5) is 0. The van der Waals surface area contributed by atoms with Crippen LogP contribution in [-0.4, -0.2) is 12.1 Å². The van der Waals surface area contributed by atoms with E-state index in [0.29, 0.717) is 11.3 Å². The first kappa shape index (κ1) is 12.6. The second-order valence-electron chi connectivity index (χ2n) is 2.76. The average molecular weight is 247 g/mol. The molecular weight excluding hydrogens is 239 g/mol. The maximum atomic E-state index is 12.0. The SMILES string of the molecule is Nc1ccc(C#CCS)cc1OC(F)(F)F. The molecule has 0 aromatic heterocycles. The van der Waals surface area contributed by atoms with Crippen LogP contribution < -0.4 is 10.5 Å². The molecule has 0 atom stereocenters. The van der Waals surface area contributed by atoms with E-state index in [1.54, 1.807) is 0 Å². The molecule has 0 aliphatic rings. The zero-order valence-corrected chi connectivity index (χ0v) is 8.90. The van der Waals surface area contributed by atoms with Crippen molar-refractivity contribution in [3.63, 3.8) is 0 Å². The predicted octanol–water partition coefficient (Wildman–Crippen LogP) is 2.45. The number of ether oxygens (including phenoxy) is 1. The third-order valence-corrected chi connectivity index (χ3v) is 1.71. The fraction of sp³-hybridized carbons (Fsp3) is 0.200. The molecule has 0 unspecified atom stereocenters. The minimum Gasteiger partial charge on any atom is -0.404 e. The number of thiol groups is 1. The topological polar surface area (TPSA) is 35.2 Å². The number of anilines is 1. The zero-order valence-electron chi connectivity index (χ0n) is 8.01. The summed E-state index contributed by atoms with van der Waals surface area (Å²) in [5.41, 5.74) is 5.64. The highest BCUT2D eigenvalue weighted by Gasteiger charge is 2.31. The lowest BCUT2D eigenvalue weighted by Gasteiger charge is -2.10. The Morgan fingerprint density at radius 2 is 2.06 bits per heavy atom. The molecule has 0 amide bonds. The van der Waals surface area contributed by atoms with E-state index in [1.165, 1.54) is 12.1 Å². The number of benzene rings is 1. The normalized spacial score (nSPS) is 10.5. The molecule has 6 heteroatoms. The summed E-state index contributed by atoms with van der Waals surface area (Å²) >= 11 is 3.86. The average Bonchev–Trinajstić information content (AvgIpc) is 2.17. The van der Waals surface area contributed by atoms with Crippen LogP contribution in [0.5, 0.6) is 5.75 Å². The first-order chi connectivity index (χ1) is 7.42. The smallest absolute Gasteiger partial charge is 0.404 e. The lowest BCUT2D eigenvalue weighted by Crippen LogP contribution is -2.18. The summed E-state index contributed by atoms with van der Waals surface area (Å²) < 4.78 is 39.7. The van der Waals surface area contributed by atoms with Gasteiger partial charge in [0.15, 0.2) is 5.75 Å². The number of nitrogen functional groups attached to an aromatic ring is 1. The molecule has 0 fully saturated rings. The van der Waals surface area contributed by atoms with Crippen LogP contribution in [0, 0.1) is 11.8 Å². The second kappa shape index (κ2) is 5.03. The Morgan fingerprint density at radius 3 is 2.62 bits per heavy atom. The van der Waals surface area contributed by atoms with Gasteiger partial charge in [0, 0.05) is 5.56 Å². The van der Waals surface area contributed by atoms with Gasteiger partial charge in [-0.25, -0.2) is 0 Å². The van der Waals surface area contributed by atoms with Crippen LogP contribution >= 0.6 is 12.6 Å². The van der Waals surface area contributed by atoms with Gasteiger partial charge in [-0.2, -0.15) is 12.6 Å². The lowest BCUT2D eigenvalue weighted by molar-refractivity contribution is -0.274. The largest absolute Gasteiger partial charge is 0.573 e. The van der Waals surface area contributed by atoms with Gasteiger partial charge in [0.1, 0.15) is 0 Å². The van der Waals surface area contributed by atoms with Crippen molar-refractivity contribution >= 4 is 18.3 Å². The molecule has 0 saturated heterocycles. The van der Waals surface area contributed by atoms with E-state index in [-0.39, 0.29) is 5.69 Å². The van der Waals surface area contributed by atoms with Crippen LogP contribution in [0.4, 0.5) is 18.9 Å². The van der Waals surface area contributed by atoms with Gasteiger partial charge < -0.3 is 10.5 Å². The molecule has 0 radical (unpaired) electrons. The third kappa shape index (κ3) is 3.95. The monoisotopic (exact) mass is 247 g/mol. The molecule has 1 aromatic rings. The van der Waals surface area contributed by atoms with E-state index in [1.807, 2.05) is 0 Å². The van der Waals surface area contributed by atoms with E-state index in [4.69, 9.17) is 5.73 Å². The first-order valence-electron chi connectivity index (χ1n) is 4.17. The predicted molar refractivity (Wildman–Crippen MR) is 58.3 cm³/mol. The van der Waals surface area contributed by atoms with Gasteiger partial charge in [-0.15, -0.1) is 13.2 Å². The van der Waals surface area contributed by atoms with Crippen molar-refractivity contribution in [3.05, 3.63) is 23.8 Å². The van der Waals surface area contributed by atoms with E-state index in [2.05, 4.69) is 29.2 Å². The Morgan fingerprint density at radius 1 is 1.38 bits per heavy atom. The number of rotatable bonds is 1. The Kier molecular flexibility index (Phi) is 3.96. The highest BCUT2D eigenvalue weighted by molar-refractivity contribution is 7.80. The van der Waals surface area contributed by atoms with Crippen LogP contribution in [0.15, 0.2) is 18.2 Å². The molecule has 0 spiro atoms. The van der Waals surface area contributed by atoms with Gasteiger partial charge >= 0.3 is 6.36 Å². The van der Waals surface area contributed by atoms with Gasteiger partial charge in [-0.3, -0.25) is 0 Å². The van der Waals surface area contributed by atoms with E-state index < -0.39 is 12.1 Å². The van der Waals surface area contributed by atoms with Crippen molar-refractivity contribution in [1.82, 2.24) is 0 Å². The number of nitrogens with two attached hydrogens (primary N) is 1. The number of hydrogen-bond donors (Lipinski definition) is 2. The molecule has 2 nitrogen and oxygen atoms in total. The van der Waals surface area contributed by atoms with Gasteiger partial charge in [-0.05, 0) is 18.2 Å². The maximum Gasteiger partial charge on any atom is 0.573 e. The number of hydrogen-bond acceptors (Lipinski definition) is 3. The van der Waals surface area contributed by atoms with Crippen molar-refractivity contribution in [2.24, 2.45) is 0 Å². The van der Waals surface area contributed by atoms with Crippen molar-refractivity contribution in [2.75, 3.05) is 11.5 Å². The molecule has 0 aliphatic carbocycles. The van der Waals surface area contributed by atoms with Crippen LogP contribution in [0.25, 0.3) is 0 Å². The summed E-state index contributed by atoms with van der Waals surface area (Å²) in [6.07, 6.45) is -4.76. The van der Waals surface area contributed by atoms with Gasteiger partial charge in [0.2, 0.25) is 0 Å². The molecule has 0 heterocycles. The molecule has 0 saturated carbocycles. The van der Waals surface area contributed by atoms with Crippen LogP contribution in [0.1, 0.15) is 5.56 Å². The standard InChI is InChI=1S/C10H8F3NOS/c11-10(12,13)15-9-6-7(2-1-5-16)3-4-8(9)14/h3-4,6,16H,5,14H2. The van der Waals surface area contributed by atoms with Gasteiger partial charge in [0.05, 0.1) is 11.4 Å². The Labute approximate surface area is 96.0 Å². The molecule has 0 aliphatic heterocycles. The highest BCUT2D eigenvalue weighted by Crippen LogP contribution is 2.28. The van der Waals surface area contributed by atoms with E-state index in [0.717, 1.165) is 6.07 Å². The maximum absolute atomic E-state index is 12.0. The van der Waals surface area contributed by atoms with Crippen molar-refractivity contribution in [1.29, 1.82) is 0 Å². The Hall–Kier alpha value is -1.48. The second-order valence-corrected chi connectivity index (χ2v) is 3.08. The quantitative estimate of drug-likeness (QED) is 0.454. The fourth-order valence-corrected chi connectivity index (χ4v) is 1.05. The first-order valence-corrected chi connectivity index (χ1v) is 4.80. The number of halogens is 3. The summed E-state index contributed by atoms with van der Waals surface area (Å²) in [5, 5.41) is 0. The lowest BCUT2D eigenvalue weighted by atomic mass is 10.2. The van der Waals surface area contributed by atoms with E-state index >= 15 is 0 Å². The molecular formula is C10H8F3NOS. The van der Waals surface area contributed by atoms with Gasteiger partial charge in [-0.1, -0.05) is 11.8 Å². The summed E-state index contributed by atoms with van der Waals surface area (Å²) in [6, 6.07) is 3.96. The number of alkyl halides is 3. The minimum absolute atomic E-state index is 0.0891. The zero-order chi connectivity index (χ0) is 12.2. The Bertz CT molecular complexity index is 434. The van der Waals surface area contributed by atoms with Crippen molar-refractivity contribution in [3.8, 4) is 17.6 Å². The summed E-state index contributed by atoms with van der Waals surface area (Å²) in [6.45, 7) is 0. The molecule has 86 valence electrons. The van der Waals surface area contributed by atoms with Crippen molar-refractivity contribution < 1.29 is 17.9 Å². The third-order valence-electron chi connectivity index (χ3n) is 1.55. The molecule has 16 heavy (non-hydrogen) atoms. The molecule has 0 bridgehead atoms. The van der Waals surface area contributed by atoms with Crippen LogP contribution in [0.3, 0.4) is 0 Å². The summed E-state index contributed by atoms with van der Waals surface area (Å²) in [7, 11) is 0. The van der Waals surface area contributed by atoms with Crippen LogP contribution in [0.2, 0.25) is 0 Å². The Balaban J connectivity index is 2.99. The molecule has 1 aromatic carbocycles. The van der Waals surface area contributed by atoms with Gasteiger partial charge in [0.25, 0.3) is 0 Å². The molecule has 1 rings (SSSR count).